The SMILES string of the molecule is CCC(N)(CC)CN1C(=O)CC2(CCCCCC2)C1=O. The largest absolute Gasteiger partial charge is 0.324 e. The predicted octanol–water partition coefficient (Wildman–Crippen LogP) is 2.60. The van der Waals surface area contributed by atoms with Gasteiger partial charge in [0.2, 0.25) is 11.8 Å². The number of carbonyl (C=O) groups excluding carboxylic acids is 2. The minimum atomic E-state index is -0.429. The van der Waals surface area contributed by atoms with Crippen LogP contribution in [0.4, 0.5) is 0 Å². The average Bonchev–Trinajstić information content (AvgIpc) is 2.65. The molecule has 1 heterocycles. The van der Waals surface area contributed by atoms with Crippen LogP contribution in [-0.4, -0.2) is 28.8 Å². The average molecular weight is 280 g/mol. The number of likely N-dealkylation sites (tertiary alicyclic amines) is 1. The fraction of sp³-hybridized carbons (Fsp3) is 0.875. The zero-order valence-corrected chi connectivity index (χ0v) is 12.9. The van der Waals surface area contributed by atoms with E-state index >= 15 is 0 Å². The van der Waals surface area contributed by atoms with E-state index in [4.69, 9.17) is 5.73 Å². The number of carbonyl (C=O) groups is 2. The third-order valence-corrected chi connectivity index (χ3v) is 5.43. The van der Waals surface area contributed by atoms with Crippen molar-refractivity contribution in [3.05, 3.63) is 0 Å². The molecule has 0 unspecified atom stereocenters. The van der Waals surface area contributed by atoms with E-state index in [1.54, 1.807) is 0 Å². The molecule has 1 spiro atoms. The van der Waals surface area contributed by atoms with Gasteiger partial charge in [-0.25, -0.2) is 0 Å². The first-order valence-electron chi connectivity index (χ1n) is 8.10. The molecular weight excluding hydrogens is 252 g/mol. The molecule has 1 aliphatic carbocycles. The van der Waals surface area contributed by atoms with Gasteiger partial charge in [-0.15, -0.1) is 0 Å². The quantitative estimate of drug-likeness (QED) is 0.805. The summed E-state index contributed by atoms with van der Waals surface area (Å²) >= 11 is 0. The second-order valence-corrected chi connectivity index (χ2v) is 6.73. The molecule has 0 atom stereocenters. The highest BCUT2D eigenvalue weighted by molar-refractivity contribution is 6.06. The molecule has 1 saturated carbocycles. The first-order chi connectivity index (χ1) is 9.46. The maximum absolute atomic E-state index is 12.8. The fourth-order valence-electron chi connectivity index (χ4n) is 3.60. The van der Waals surface area contributed by atoms with Gasteiger partial charge < -0.3 is 5.73 Å². The zero-order chi connectivity index (χ0) is 14.8. The Balaban J connectivity index is 2.16. The molecule has 0 aromatic heterocycles. The number of amides is 2. The van der Waals surface area contributed by atoms with Crippen LogP contribution in [0.1, 0.15) is 71.6 Å². The molecule has 0 radical (unpaired) electrons. The summed E-state index contributed by atoms with van der Waals surface area (Å²) in [5.74, 6) is 0.0507. The summed E-state index contributed by atoms with van der Waals surface area (Å²) in [6.07, 6.45) is 8.26. The smallest absolute Gasteiger partial charge is 0.235 e. The van der Waals surface area contributed by atoms with Crippen molar-refractivity contribution in [2.24, 2.45) is 11.1 Å². The van der Waals surface area contributed by atoms with E-state index in [1.165, 1.54) is 17.7 Å². The molecule has 0 aromatic rings. The number of hydrogen-bond acceptors (Lipinski definition) is 3. The van der Waals surface area contributed by atoms with Gasteiger partial charge >= 0.3 is 0 Å². The second kappa shape index (κ2) is 5.84. The molecular formula is C16H28N2O2. The lowest BCUT2D eigenvalue weighted by atomic mass is 9.79. The Hall–Kier alpha value is -0.900. The zero-order valence-electron chi connectivity index (χ0n) is 12.9. The lowest BCUT2D eigenvalue weighted by Gasteiger charge is -2.32. The van der Waals surface area contributed by atoms with Crippen LogP contribution in [0.2, 0.25) is 0 Å². The van der Waals surface area contributed by atoms with Crippen LogP contribution in [0.3, 0.4) is 0 Å². The van der Waals surface area contributed by atoms with E-state index in [-0.39, 0.29) is 11.8 Å². The van der Waals surface area contributed by atoms with Gasteiger partial charge in [0.15, 0.2) is 0 Å². The number of rotatable bonds is 4. The number of nitrogens with two attached hydrogens (primary N) is 1. The molecule has 2 rings (SSSR count). The highest BCUT2D eigenvalue weighted by atomic mass is 16.2. The third-order valence-electron chi connectivity index (χ3n) is 5.43. The van der Waals surface area contributed by atoms with Crippen LogP contribution >= 0.6 is 0 Å². The first-order valence-corrected chi connectivity index (χ1v) is 8.10. The van der Waals surface area contributed by atoms with Gasteiger partial charge in [0.25, 0.3) is 0 Å². The molecule has 1 saturated heterocycles. The molecule has 2 aliphatic rings. The van der Waals surface area contributed by atoms with Crippen LogP contribution in [0, 0.1) is 5.41 Å². The van der Waals surface area contributed by atoms with Gasteiger partial charge in [0.05, 0.1) is 5.41 Å². The number of imide groups is 1. The van der Waals surface area contributed by atoms with E-state index < -0.39 is 11.0 Å². The monoisotopic (exact) mass is 280 g/mol. The lowest BCUT2D eigenvalue weighted by molar-refractivity contribution is -0.142. The summed E-state index contributed by atoms with van der Waals surface area (Å²) in [6, 6.07) is 0. The van der Waals surface area contributed by atoms with Crippen LogP contribution < -0.4 is 5.73 Å². The van der Waals surface area contributed by atoms with Crippen LogP contribution in [0.15, 0.2) is 0 Å². The van der Waals surface area contributed by atoms with Crippen molar-refractivity contribution in [1.82, 2.24) is 4.90 Å². The Morgan fingerprint density at radius 1 is 1.10 bits per heavy atom. The summed E-state index contributed by atoms with van der Waals surface area (Å²) in [5, 5.41) is 0. The molecule has 2 N–H and O–H groups in total. The molecule has 2 amide bonds. The maximum Gasteiger partial charge on any atom is 0.235 e. The molecule has 1 aliphatic heterocycles. The minimum absolute atomic E-state index is 0.00590. The lowest BCUT2D eigenvalue weighted by Crippen LogP contribution is -2.51. The highest BCUT2D eigenvalue weighted by Crippen LogP contribution is 2.44. The highest BCUT2D eigenvalue weighted by Gasteiger charge is 2.51. The molecule has 114 valence electrons. The molecule has 0 bridgehead atoms. The van der Waals surface area contributed by atoms with Gasteiger partial charge in [0.1, 0.15) is 0 Å². The van der Waals surface area contributed by atoms with Crippen molar-refractivity contribution < 1.29 is 9.59 Å². The summed E-state index contributed by atoms with van der Waals surface area (Å²) in [5.41, 5.74) is 5.48. The van der Waals surface area contributed by atoms with E-state index in [0.717, 1.165) is 38.5 Å². The van der Waals surface area contributed by atoms with Gasteiger partial charge in [-0.05, 0) is 25.7 Å². The normalized spacial score (nSPS) is 23.4. The molecule has 20 heavy (non-hydrogen) atoms. The predicted molar refractivity (Wildman–Crippen MR) is 79.0 cm³/mol. The van der Waals surface area contributed by atoms with E-state index in [1.807, 2.05) is 13.8 Å². The van der Waals surface area contributed by atoms with Crippen molar-refractivity contribution in [2.75, 3.05) is 6.54 Å². The van der Waals surface area contributed by atoms with Gasteiger partial charge in [-0.3, -0.25) is 14.5 Å². The van der Waals surface area contributed by atoms with E-state index in [9.17, 15) is 9.59 Å². The van der Waals surface area contributed by atoms with E-state index in [2.05, 4.69) is 0 Å². The van der Waals surface area contributed by atoms with Crippen molar-refractivity contribution in [2.45, 2.75) is 77.2 Å². The minimum Gasteiger partial charge on any atom is -0.324 e. The Morgan fingerprint density at radius 3 is 2.15 bits per heavy atom. The van der Waals surface area contributed by atoms with Crippen molar-refractivity contribution in [3.8, 4) is 0 Å². The Bertz CT molecular complexity index is 380. The summed E-state index contributed by atoms with van der Waals surface area (Å²) < 4.78 is 0. The standard InChI is InChI=1S/C16H28N2O2/c1-3-16(17,4-2)12-18-13(19)11-15(14(18)20)9-7-5-6-8-10-15/h3-12,17H2,1-2H3. The molecule has 2 fully saturated rings. The number of nitrogens with zero attached hydrogens (tertiary/aromatic N) is 1. The molecule has 4 heteroatoms. The first kappa shape index (κ1) is 15.5. The Kier molecular flexibility index (Phi) is 4.52. The summed E-state index contributed by atoms with van der Waals surface area (Å²) in [6.45, 7) is 4.44. The Labute approximate surface area is 122 Å². The Morgan fingerprint density at radius 2 is 1.65 bits per heavy atom. The molecule has 0 aromatic carbocycles. The van der Waals surface area contributed by atoms with Crippen LogP contribution in [-0.2, 0) is 9.59 Å². The number of hydrogen-bond donors (Lipinski definition) is 1. The van der Waals surface area contributed by atoms with Crippen LogP contribution in [0.25, 0.3) is 0 Å². The summed E-state index contributed by atoms with van der Waals surface area (Å²) in [7, 11) is 0. The van der Waals surface area contributed by atoms with Gasteiger partial charge in [-0.2, -0.15) is 0 Å². The topological polar surface area (TPSA) is 63.4 Å². The van der Waals surface area contributed by atoms with E-state index in [0.29, 0.717) is 13.0 Å². The second-order valence-electron chi connectivity index (χ2n) is 6.73. The van der Waals surface area contributed by atoms with Crippen molar-refractivity contribution in [1.29, 1.82) is 0 Å². The van der Waals surface area contributed by atoms with Crippen molar-refractivity contribution in [3.63, 3.8) is 0 Å². The van der Waals surface area contributed by atoms with Gasteiger partial charge in [0, 0.05) is 18.5 Å². The summed E-state index contributed by atoms with van der Waals surface area (Å²) in [4.78, 5) is 26.6. The van der Waals surface area contributed by atoms with Crippen molar-refractivity contribution >= 4 is 11.8 Å². The molecule has 4 nitrogen and oxygen atoms in total. The maximum atomic E-state index is 12.8. The van der Waals surface area contributed by atoms with Crippen LogP contribution in [0.5, 0.6) is 0 Å². The fourth-order valence-corrected chi connectivity index (χ4v) is 3.60. The van der Waals surface area contributed by atoms with Gasteiger partial charge in [-0.1, -0.05) is 39.5 Å². The third kappa shape index (κ3) is 2.76.